The van der Waals surface area contributed by atoms with Gasteiger partial charge in [-0.05, 0) is 108 Å². The second-order valence-electron chi connectivity index (χ2n) is 20.5. The summed E-state index contributed by atoms with van der Waals surface area (Å²) in [5, 5.41) is 1.36. The highest BCUT2D eigenvalue weighted by atomic mass is 15.2. The van der Waals surface area contributed by atoms with Crippen LogP contribution in [0, 0.1) is 0 Å². The molecule has 0 saturated heterocycles. The molecule has 0 amide bonds. The van der Waals surface area contributed by atoms with Gasteiger partial charge in [0.2, 0.25) is 0 Å². The van der Waals surface area contributed by atoms with E-state index in [1.807, 2.05) is 0 Å². The van der Waals surface area contributed by atoms with E-state index in [4.69, 9.17) is 0 Å². The van der Waals surface area contributed by atoms with E-state index in [1.165, 1.54) is 122 Å². The summed E-state index contributed by atoms with van der Waals surface area (Å²) in [5.41, 5.74) is 27.4. The molecule has 3 heteroatoms. The third-order valence-corrected chi connectivity index (χ3v) is 15.3. The summed E-state index contributed by atoms with van der Waals surface area (Å²) >= 11 is 0. The van der Waals surface area contributed by atoms with Crippen molar-refractivity contribution in [3.8, 4) is 55.8 Å². The number of hydrogen-bond donors (Lipinski definition) is 0. The fourth-order valence-electron chi connectivity index (χ4n) is 12.4. The number of rotatable bonds is 3. The maximum atomic E-state index is 2.81. The number of aromatic nitrogens is 1. The quantitative estimate of drug-likeness (QED) is 0.161. The van der Waals surface area contributed by atoms with Gasteiger partial charge in [0, 0.05) is 55.5 Å². The Morgan fingerprint density at radius 2 is 1.08 bits per heavy atom. The molecule has 0 spiro atoms. The summed E-state index contributed by atoms with van der Waals surface area (Å²) in [6, 6.07) is 64.9. The fraction of sp³-hybridized carbons (Fsp3) is 0.167. The first kappa shape index (κ1) is 36.8. The maximum Gasteiger partial charge on any atom is 0.333 e. The van der Waals surface area contributed by atoms with Gasteiger partial charge in [0.25, 0.3) is 0 Å². The van der Waals surface area contributed by atoms with Gasteiger partial charge in [-0.3, -0.25) is 0 Å². The highest BCUT2D eigenvalue weighted by molar-refractivity contribution is 6.91. The minimum absolute atomic E-state index is 0.0244. The second-order valence-corrected chi connectivity index (χ2v) is 20.5. The van der Waals surface area contributed by atoms with Crippen LogP contribution in [0.1, 0.15) is 76.3 Å². The predicted molar refractivity (Wildman–Crippen MR) is 267 cm³/mol. The van der Waals surface area contributed by atoms with Crippen LogP contribution in [0.3, 0.4) is 0 Å². The van der Waals surface area contributed by atoms with Crippen LogP contribution in [0.5, 0.6) is 0 Å². The third-order valence-electron chi connectivity index (χ3n) is 15.3. The van der Waals surface area contributed by atoms with E-state index < -0.39 is 0 Å². The molecule has 0 bridgehead atoms. The Labute approximate surface area is 371 Å². The monoisotopic (exact) mass is 808 g/mol. The molecule has 9 aromatic rings. The topological polar surface area (TPSA) is 8.17 Å². The zero-order chi connectivity index (χ0) is 42.7. The molecule has 4 aliphatic rings. The molecule has 0 saturated carbocycles. The molecular formula is C60H49BN2. The number of hydrogen-bond acceptors (Lipinski definition) is 1. The van der Waals surface area contributed by atoms with E-state index in [-0.39, 0.29) is 23.1 Å². The minimum atomic E-state index is -0.168. The van der Waals surface area contributed by atoms with E-state index in [0.29, 0.717) is 0 Å². The molecule has 8 aromatic carbocycles. The Morgan fingerprint density at radius 3 is 1.81 bits per heavy atom. The lowest BCUT2D eigenvalue weighted by Crippen LogP contribution is -2.57. The summed E-state index contributed by atoms with van der Waals surface area (Å²) in [5.74, 6) is 0. The molecule has 2 nitrogen and oxygen atoms in total. The van der Waals surface area contributed by atoms with E-state index in [1.54, 1.807) is 0 Å². The Balaban J connectivity index is 1.24. The lowest BCUT2D eigenvalue weighted by atomic mass is 9.43. The molecule has 2 aliphatic heterocycles. The van der Waals surface area contributed by atoms with Gasteiger partial charge in [-0.15, -0.1) is 0 Å². The molecule has 13 rings (SSSR count). The Bertz CT molecular complexity index is 3430. The number of anilines is 3. The van der Waals surface area contributed by atoms with Crippen LogP contribution >= 0.6 is 0 Å². The molecule has 63 heavy (non-hydrogen) atoms. The molecule has 302 valence electrons. The van der Waals surface area contributed by atoms with E-state index in [2.05, 4.69) is 228 Å². The van der Waals surface area contributed by atoms with Crippen molar-refractivity contribution < 1.29 is 0 Å². The first-order valence-corrected chi connectivity index (χ1v) is 22.7. The summed E-state index contributed by atoms with van der Waals surface area (Å²) < 4.78 is 2.81. The summed E-state index contributed by atoms with van der Waals surface area (Å²) in [7, 11) is 0. The first-order chi connectivity index (χ1) is 30.4. The fourth-order valence-corrected chi connectivity index (χ4v) is 12.4. The van der Waals surface area contributed by atoms with Gasteiger partial charge in [0.15, 0.2) is 0 Å². The summed E-state index contributed by atoms with van der Waals surface area (Å²) in [6.45, 7) is 16.6. The van der Waals surface area contributed by atoms with Crippen LogP contribution in [-0.4, -0.2) is 11.3 Å². The molecule has 1 aromatic heterocycles. The van der Waals surface area contributed by atoms with Gasteiger partial charge in [-0.2, -0.15) is 0 Å². The first-order valence-electron chi connectivity index (χ1n) is 22.7. The van der Waals surface area contributed by atoms with Gasteiger partial charge < -0.3 is 9.38 Å². The number of nitrogens with zero attached hydrogens (tertiary/aromatic N) is 2. The minimum Gasteiger partial charge on any atom is -0.375 e. The van der Waals surface area contributed by atoms with Crippen molar-refractivity contribution in [2.75, 3.05) is 4.90 Å². The molecule has 2 aliphatic carbocycles. The van der Waals surface area contributed by atoms with Crippen molar-refractivity contribution >= 4 is 45.7 Å². The summed E-state index contributed by atoms with van der Waals surface area (Å²) in [4.78, 5) is 2.66. The van der Waals surface area contributed by atoms with Gasteiger partial charge in [0.1, 0.15) is 0 Å². The van der Waals surface area contributed by atoms with Crippen molar-refractivity contribution in [1.29, 1.82) is 0 Å². The van der Waals surface area contributed by atoms with Crippen molar-refractivity contribution in [1.82, 2.24) is 4.48 Å². The lowest BCUT2D eigenvalue weighted by molar-refractivity contribution is 0.590. The molecule has 0 radical (unpaired) electrons. The average molecular weight is 809 g/mol. The van der Waals surface area contributed by atoms with Crippen molar-refractivity contribution in [2.45, 2.75) is 64.7 Å². The number of benzene rings is 8. The highest BCUT2D eigenvalue weighted by Crippen LogP contribution is 2.58. The van der Waals surface area contributed by atoms with Crippen molar-refractivity contribution in [3.05, 3.63) is 198 Å². The zero-order valence-electron chi connectivity index (χ0n) is 37.1. The van der Waals surface area contributed by atoms with E-state index in [9.17, 15) is 0 Å². The van der Waals surface area contributed by atoms with Crippen LogP contribution in [0.4, 0.5) is 17.1 Å². The molecule has 0 N–H and O–H groups in total. The molecule has 0 atom stereocenters. The SMILES string of the molecule is CC(C)(C)c1ccc(N2c3cc(-c4ccccc4)cc4c3B(c3c2ccc2c3-c3ccccc3C2(C)C)n2c3c(c5cccc-4c52)C(C)(C)c2ccccc2-3)c(-c2ccccc2)c1. The van der Waals surface area contributed by atoms with Gasteiger partial charge >= 0.3 is 6.85 Å². The molecule has 0 unspecified atom stereocenters. The van der Waals surface area contributed by atoms with Crippen molar-refractivity contribution in [3.63, 3.8) is 0 Å². The maximum absolute atomic E-state index is 2.81. The van der Waals surface area contributed by atoms with Crippen LogP contribution in [-0.2, 0) is 16.2 Å². The standard InChI is InChI=1S/C60H49BN2/c1-58(2,3)39-29-31-49(44(35-39)37-21-12-9-13-22-37)62-50-32-30-48-52(41-23-14-16-27-46(41)59(48,4)5)55(50)61-54-45(33-38(34-51(54)62)36-19-10-8-11-20-36)40-25-18-26-43-53-57(63(61)56(40)43)42-24-15-17-28-47(42)60(53,6)7/h8-35H,1-7H3. The van der Waals surface area contributed by atoms with E-state index in [0.717, 1.165) is 0 Å². The largest absolute Gasteiger partial charge is 0.375 e. The smallest absolute Gasteiger partial charge is 0.333 e. The molecular weight excluding hydrogens is 759 g/mol. The Morgan fingerprint density at radius 1 is 0.444 bits per heavy atom. The normalized spacial score (nSPS) is 15.4. The number of fused-ring (bicyclic) bond motifs is 13. The van der Waals surface area contributed by atoms with Crippen LogP contribution in [0.2, 0.25) is 0 Å². The van der Waals surface area contributed by atoms with Crippen LogP contribution in [0.25, 0.3) is 66.7 Å². The Kier molecular flexibility index (Phi) is 7.25. The zero-order valence-corrected chi connectivity index (χ0v) is 37.1. The Hall–Kier alpha value is -6.84. The third kappa shape index (κ3) is 4.75. The average Bonchev–Trinajstić information content (AvgIpc) is 3.86. The van der Waals surface area contributed by atoms with E-state index >= 15 is 0 Å². The van der Waals surface area contributed by atoms with Gasteiger partial charge in [0.05, 0.1) is 5.69 Å². The van der Waals surface area contributed by atoms with Gasteiger partial charge in [-0.25, -0.2) is 0 Å². The molecule has 3 heterocycles. The van der Waals surface area contributed by atoms with Crippen LogP contribution in [0.15, 0.2) is 170 Å². The number of para-hydroxylation sites is 1. The molecule has 0 fully saturated rings. The van der Waals surface area contributed by atoms with Crippen molar-refractivity contribution in [2.24, 2.45) is 0 Å². The van der Waals surface area contributed by atoms with Crippen LogP contribution < -0.4 is 15.8 Å². The predicted octanol–water partition coefficient (Wildman–Crippen LogP) is 14.3. The highest BCUT2D eigenvalue weighted by Gasteiger charge is 2.51. The summed E-state index contributed by atoms with van der Waals surface area (Å²) in [6.07, 6.45) is 0. The lowest BCUT2D eigenvalue weighted by Gasteiger charge is -2.43. The second kappa shape index (κ2) is 12.4. The van der Waals surface area contributed by atoms with Gasteiger partial charge in [-0.1, -0.05) is 188 Å².